The molecule has 0 aliphatic rings. The van der Waals surface area contributed by atoms with Crippen LogP contribution in [0.1, 0.15) is 232 Å². The van der Waals surface area contributed by atoms with Crippen LogP contribution in [0.5, 0.6) is 0 Å². The Labute approximate surface area is 406 Å². The predicted octanol–water partition coefficient (Wildman–Crippen LogP) is 15.7. The molecule has 0 fully saturated rings. The molecule has 0 aromatic carbocycles. The highest BCUT2D eigenvalue weighted by Crippen LogP contribution is 2.38. The van der Waals surface area contributed by atoms with E-state index in [0.29, 0.717) is 23.9 Å². The number of hydrogen-bond acceptors (Lipinski definition) is 8. The highest BCUT2D eigenvalue weighted by molar-refractivity contribution is 7.45. The number of phosphoric acid groups is 1. The maximum atomic E-state index is 12.8. The first-order valence-corrected chi connectivity index (χ1v) is 28.5. The van der Waals surface area contributed by atoms with Crippen LogP contribution in [0.15, 0.2) is 60.8 Å². The fourth-order valence-corrected chi connectivity index (χ4v) is 8.02. The molecule has 0 amide bonds. The number of phosphoric ester groups is 1. The summed E-state index contributed by atoms with van der Waals surface area (Å²) in [5, 5.41) is 0. The van der Waals surface area contributed by atoms with E-state index in [1.807, 2.05) is 21.1 Å². The molecule has 2 atom stereocenters. The van der Waals surface area contributed by atoms with E-state index >= 15 is 0 Å². The van der Waals surface area contributed by atoms with Crippen molar-refractivity contribution in [3.05, 3.63) is 60.8 Å². The first kappa shape index (κ1) is 63.7. The Kier molecular flexibility index (Phi) is 46.1. The molecule has 10 heteroatoms. The second kappa shape index (κ2) is 47.8. The lowest BCUT2D eigenvalue weighted by molar-refractivity contribution is -0.870. The van der Waals surface area contributed by atoms with E-state index in [1.165, 1.54) is 116 Å². The van der Waals surface area contributed by atoms with E-state index in [9.17, 15) is 19.0 Å². The van der Waals surface area contributed by atoms with E-state index in [-0.39, 0.29) is 26.1 Å². The van der Waals surface area contributed by atoms with Crippen molar-refractivity contribution in [2.75, 3.05) is 47.5 Å². The van der Waals surface area contributed by atoms with Gasteiger partial charge in [0.25, 0.3) is 7.82 Å². The molecule has 0 saturated heterocycles. The number of unbranched alkanes of at least 4 members (excludes halogenated alkanes) is 25. The Bertz CT molecular complexity index is 1300. The maximum absolute atomic E-state index is 12.8. The summed E-state index contributed by atoms with van der Waals surface area (Å²) in [4.78, 5) is 37.7. The second-order valence-electron chi connectivity index (χ2n) is 19.2. The van der Waals surface area contributed by atoms with Gasteiger partial charge in [-0.3, -0.25) is 14.2 Å². The zero-order valence-corrected chi connectivity index (χ0v) is 44.3. The molecule has 384 valence electrons. The lowest BCUT2D eigenvalue weighted by Crippen LogP contribution is -2.37. The van der Waals surface area contributed by atoms with Crippen molar-refractivity contribution in [2.45, 2.75) is 238 Å². The molecule has 0 radical (unpaired) electrons. The topological polar surface area (TPSA) is 111 Å². The van der Waals surface area contributed by atoms with E-state index in [2.05, 4.69) is 74.6 Å². The monoisotopic (exact) mass is 948 g/mol. The lowest BCUT2D eigenvalue weighted by Gasteiger charge is -2.28. The molecule has 0 aromatic rings. The van der Waals surface area contributed by atoms with Gasteiger partial charge in [-0.1, -0.05) is 203 Å². The molecule has 0 rings (SSSR count). The zero-order valence-electron chi connectivity index (χ0n) is 43.4. The number of likely N-dealkylation sites (N-methyl/N-ethyl adjacent to an activating group) is 1. The van der Waals surface area contributed by atoms with Crippen molar-refractivity contribution in [1.82, 2.24) is 0 Å². The van der Waals surface area contributed by atoms with E-state index in [1.54, 1.807) is 0 Å². The van der Waals surface area contributed by atoms with Gasteiger partial charge >= 0.3 is 11.9 Å². The minimum absolute atomic E-state index is 0.0347. The van der Waals surface area contributed by atoms with Crippen LogP contribution in [0.2, 0.25) is 0 Å². The van der Waals surface area contributed by atoms with Crippen molar-refractivity contribution < 1.29 is 42.1 Å². The molecular weight excluding hydrogens is 846 g/mol. The molecule has 9 nitrogen and oxygen atoms in total. The van der Waals surface area contributed by atoms with E-state index < -0.39 is 32.5 Å². The van der Waals surface area contributed by atoms with Crippen LogP contribution in [-0.4, -0.2) is 70.0 Å². The van der Waals surface area contributed by atoms with Gasteiger partial charge in [-0.25, -0.2) is 0 Å². The number of esters is 2. The standard InChI is InChI=1S/C56H102NO8P/c1-6-8-10-12-14-16-18-20-21-22-23-24-25-26-27-28-29-30-31-32-33-34-35-37-39-41-43-45-47-49-56(59)65-54(53-64-66(60,61)63-51-50-57(3,4)5)52-62-55(58)48-46-44-42-40-38-36-19-17-15-13-11-9-7-2/h11,13,17-20,22-23,25-26,54H,6-10,12,14-16,21,24,27-53H2,1-5H3/b13-11-,19-17-,20-18-,23-22-,26-25-. The first-order chi connectivity index (χ1) is 32.0. The minimum atomic E-state index is -4.63. The van der Waals surface area contributed by atoms with Crippen molar-refractivity contribution in [1.29, 1.82) is 0 Å². The van der Waals surface area contributed by atoms with Gasteiger partial charge in [-0.2, -0.15) is 0 Å². The van der Waals surface area contributed by atoms with Crippen LogP contribution < -0.4 is 4.89 Å². The third-order valence-electron chi connectivity index (χ3n) is 11.5. The molecular formula is C56H102NO8P. The summed E-state index contributed by atoms with van der Waals surface area (Å²) in [6.07, 6.45) is 59.8. The van der Waals surface area contributed by atoms with Crippen molar-refractivity contribution >= 4 is 19.8 Å². The van der Waals surface area contributed by atoms with Crippen molar-refractivity contribution in [3.8, 4) is 0 Å². The molecule has 0 aromatic heterocycles. The molecule has 0 saturated carbocycles. The smallest absolute Gasteiger partial charge is 0.306 e. The first-order valence-electron chi connectivity index (χ1n) is 27.0. The van der Waals surface area contributed by atoms with Gasteiger partial charge in [-0.05, 0) is 77.0 Å². The van der Waals surface area contributed by atoms with Gasteiger partial charge in [0.1, 0.15) is 19.8 Å². The van der Waals surface area contributed by atoms with Gasteiger partial charge in [0, 0.05) is 12.8 Å². The zero-order chi connectivity index (χ0) is 48.5. The second-order valence-corrected chi connectivity index (χ2v) is 20.6. The predicted molar refractivity (Wildman–Crippen MR) is 277 cm³/mol. The van der Waals surface area contributed by atoms with Crippen LogP contribution >= 0.6 is 7.82 Å². The Morgan fingerprint density at radius 3 is 1.27 bits per heavy atom. The van der Waals surface area contributed by atoms with Crippen molar-refractivity contribution in [3.63, 3.8) is 0 Å². The van der Waals surface area contributed by atoms with Gasteiger partial charge < -0.3 is 27.9 Å². The molecule has 66 heavy (non-hydrogen) atoms. The van der Waals surface area contributed by atoms with Crippen LogP contribution in [-0.2, 0) is 32.7 Å². The van der Waals surface area contributed by atoms with Crippen LogP contribution in [0.25, 0.3) is 0 Å². The summed E-state index contributed by atoms with van der Waals surface area (Å²) in [6, 6.07) is 0. The number of rotatable bonds is 49. The van der Waals surface area contributed by atoms with Gasteiger partial charge in [-0.15, -0.1) is 0 Å². The van der Waals surface area contributed by atoms with E-state index in [4.69, 9.17) is 18.5 Å². The average molecular weight is 948 g/mol. The lowest BCUT2D eigenvalue weighted by atomic mass is 10.0. The molecule has 0 N–H and O–H groups in total. The normalized spacial score (nSPS) is 13.8. The third-order valence-corrected chi connectivity index (χ3v) is 12.5. The third kappa shape index (κ3) is 51.1. The fourth-order valence-electron chi connectivity index (χ4n) is 7.29. The summed E-state index contributed by atoms with van der Waals surface area (Å²) in [5.74, 6) is -0.849. The number of allylic oxidation sites excluding steroid dienone is 10. The minimum Gasteiger partial charge on any atom is -0.756 e. The summed E-state index contributed by atoms with van der Waals surface area (Å²) < 4.78 is 34.0. The molecule has 0 aliphatic carbocycles. The number of carbonyl (C=O) groups is 2. The highest BCUT2D eigenvalue weighted by Gasteiger charge is 2.21. The summed E-state index contributed by atoms with van der Waals surface area (Å²) in [6.45, 7) is 4.15. The molecule has 2 unspecified atom stereocenters. The van der Waals surface area contributed by atoms with Crippen LogP contribution in [0.3, 0.4) is 0 Å². The Morgan fingerprint density at radius 2 is 0.848 bits per heavy atom. The quantitative estimate of drug-likeness (QED) is 0.0195. The number of nitrogens with zero attached hydrogens (tertiary/aromatic N) is 1. The Balaban J connectivity index is 4.12. The fraction of sp³-hybridized carbons (Fsp3) is 0.786. The summed E-state index contributed by atoms with van der Waals surface area (Å²) in [5.41, 5.74) is 0. The SMILES string of the molecule is CCC/C=C\C/C=C\CCCCCCCC(=O)OCC(COP(=O)([O-])OCC[N+](C)(C)C)OC(=O)CCCCCCCCCCCCCCCC/C=C\C/C=C\C/C=C\CCCCCCC. The average Bonchev–Trinajstić information content (AvgIpc) is 3.27. The van der Waals surface area contributed by atoms with Crippen molar-refractivity contribution in [2.24, 2.45) is 0 Å². The number of ether oxygens (including phenoxy) is 2. The molecule has 0 heterocycles. The maximum Gasteiger partial charge on any atom is 0.306 e. The van der Waals surface area contributed by atoms with Gasteiger partial charge in [0.15, 0.2) is 6.10 Å². The Morgan fingerprint density at radius 1 is 0.470 bits per heavy atom. The highest BCUT2D eigenvalue weighted by atomic mass is 31.2. The molecule has 0 bridgehead atoms. The van der Waals surface area contributed by atoms with Crippen LogP contribution in [0.4, 0.5) is 0 Å². The summed E-state index contributed by atoms with van der Waals surface area (Å²) in [7, 11) is 1.16. The van der Waals surface area contributed by atoms with Gasteiger partial charge in [0.2, 0.25) is 0 Å². The van der Waals surface area contributed by atoms with Crippen LogP contribution in [0, 0.1) is 0 Å². The number of quaternary nitrogens is 1. The number of carbonyl (C=O) groups excluding carboxylic acids is 2. The largest absolute Gasteiger partial charge is 0.756 e. The van der Waals surface area contributed by atoms with E-state index in [0.717, 1.165) is 77.0 Å². The summed E-state index contributed by atoms with van der Waals surface area (Å²) >= 11 is 0. The number of hydrogen-bond donors (Lipinski definition) is 0. The Hall–Kier alpha value is -2.29. The molecule has 0 spiro atoms. The van der Waals surface area contributed by atoms with Gasteiger partial charge in [0.05, 0.1) is 27.7 Å². The molecule has 0 aliphatic heterocycles.